The number of carbonyl (C=O) groups is 3. The Morgan fingerprint density at radius 1 is 1.07 bits per heavy atom. The first kappa shape index (κ1) is 34.7. The summed E-state index contributed by atoms with van der Waals surface area (Å²) in [5.74, 6) is -3.04. The molecule has 1 aliphatic carbocycles. The standard InChI is InChI=1S/C31H33Cl2F3N4O4S/c1-2-5-23(26(42)29(44)38-20-6-3-4-7-20)40-28(43)24(16-17-14-21(32)25(41)22(33)15-17)39-27(31(34,35)36)18-8-10-19(11-9-18)30-37-12-13-45-30/h8-15,20,23-24,27,39,41H,2-7,16H2,1H3,(H,38,44)(H,40,43)/t23-,24-,27-/m0/s1. The van der Waals surface area contributed by atoms with E-state index < -0.39 is 47.6 Å². The Balaban J connectivity index is 1.62. The van der Waals surface area contributed by atoms with E-state index in [1.807, 2.05) is 0 Å². The molecule has 4 N–H and O–H groups in total. The zero-order valence-electron chi connectivity index (χ0n) is 24.3. The van der Waals surface area contributed by atoms with Crippen molar-refractivity contribution in [3.05, 3.63) is 69.1 Å². The highest BCUT2D eigenvalue weighted by molar-refractivity contribution is 7.13. The number of amides is 2. The molecule has 0 saturated heterocycles. The number of aromatic nitrogens is 1. The number of Topliss-reactive ketones (excluding diaryl/α,β-unsaturated/α-hetero) is 1. The summed E-state index contributed by atoms with van der Waals surface area (Å²) in [5, 5.41) is 19.7. The number of aromatic hydroxyl groups is 1. The van der Waals surface area contributed by atoms with E-state index in [0.717, 1.165) is 25.7 Å². The second-order valence-electron chi connectivity index (χ2n) is 10.9. The number of thiazole rings is 1. The second-order valence-corrected chi connectivity index (χ2v) is 12.6. The first-order valence-electron chi connectivity index (χ1n) is 14.5. The van der Waals surface area contributed by atoms with Crippen molar-refractivity contribution in [3.8, 4) is 16.3 Å². The van der Waals surface area contributed by atoms with E-state index in [0.29, 0.717) is 17.0 Å². The minimum atomic E-state index is -4.83. The van der Waals surface area contributed by atoms with Gasteiger partial charge in [0, 0.05) is 23.2 Å². The Morgan fingerprint density at radius 3 is 2.27 bits per heavy atom. The number of ketones is 1. The molecule has 0 spiro atoms. The fraction of sp³-hybridized carbons (Fsp3) is 0.419. The van der Waals surface area contributed by atoms with Gasteiger partial charge in [-0.05, 0) is 48.9 Å². The minimum absolute atomic E-state index is 0.104. The average Bonchev–Trinajstić information content (AvgIpc) is 3.72. The Hall–Kier alpha value is -3.19. The lowest BCUT2D eigenvalue weighted by atomic mass is 9.99. The third-order valence-corrected chi connectivity index (χ3v) is 8.97. The van der Waals surface area contributed by atoms with Crippen LogP contribution >= 0.6 is 34.5 Å². The summed E-state index contributed by atoms with van der Waals surface area (Å²) < 4.78 is 43.6. The Morgan fingerprint density at radius 2 is 1.71 bits per heavy atom. The lowest BCUT2D eigenvalue weighted by Crippen LogP contribution is -2.55. The van der Waals surface area contributed by atoms with Crippen molar-refractivity contribution < 1.29 is 32.7 Å². The highest BCUT2D eigenvalue weighted by Gasteiger charge is 2.43. The highest BCUT2D eigenvalue weighted by Crippen LogP contribution is 2.36. The fourth-order valence-electron chi connectivity index (χ4n) is 5.28. The van der Waals surface area contributed by atoms with Gasteiger partial charge in [-0.3, -0.25) is 19.7 Å². The van der Waals surface area contributed by atoms with Gasteiger partial charge >= 0.3 is 6.18 Å². The third kappa shape index (κ3) is 9.18. The SMILES string of the molecule is CCC[C@H](NC(=O)[C@H](Cc1cc(Cl)c(O)c(Cl)c1)N[C@@H](c1ccc(-c2nccs2)cc1)C(F)(F)F)C(=O)C(=O)NC1CCCC1. The van der Waals surface area contributed by atoms with Gasteiger partial charge in [0.2, 0.25) is 11.7 Å². The molecule has 0 bridgehead atoms. The second kappa shape index (κ2) is 15.4. The number of carbonyl (C=O) groups excluding carboxylic acids is 3. The van der Waals surface area contributed by atoms with Crippen molar-refractivity contribution in [2.24, 2.45) is 0 Å². The smallest absolute Gasteiger partial charge is 0.407 e. The van der Waals surface area contributed by atoms with Gasteiger partial charge < -0.3 is 15.7 Å². The Bertz CT molecular complexity index is 1460. The predicted octanol–water partition coefficient (Wildman–Crippen LogP) is 6.54. The zero-order valence-corrected chi connectivity index (χ0v) is 26.6. The first-order valence-corrected chi connectivity index (χ1v) is 16.2. The van der Waals surface area contributed by atoms with Gasteiger partial charge in [-0.1, -0.05) is 73.7 Å². The van der Waals surface area contributed by atoms with Crippen LogP contribution in [0.5, 0.6) is 5.75 Å². The summed E-state index contributed by atoms with van der Waals surface area (Å²) >= 11 is 13.5. The summed E-state index contributed by atoms with van der Waals surface area (Å²) in [7, 11) is 0. The number of hydrogen-bond acceptors (Lipinski definition) is 7. The van der Waals surface area contributed by atoms with Crippen LogP contribution in [0.1, 0.15) is 62.6 Å². The zero-order chi connectivity index (χ0) is 32.7. The quantitative estimate of drug-likeness (QED) is 0.152. The highest BCUT2D eigenvalue weighted by atomic mass is 35.5. The van der Waals surface area contributed by atoms with E-state index in [-0.39, 0.29) is 40.1 Å². The van der Waals surface area contributed by atoms with E-state index in [2.05, 4.69) is 20.9 Å². The number of phenols is 1. The molecule has 1 aliphatic rings. The van der Waals surface area contributed by atoms with Crippen molar-refractivity contribution in [2.75, 3.05) is 0 Å². The monoisotopic (exact) mass is 684 g/mol. The van der Waals surface area contributed by atoms with Gasteiger partial charge in [-0.25, -0.2) is 4.98 Å². The number of rotatable bonds is 13. The van der Waals surface area contributed by atoms with Crippen LogP contribution in [0.15, 0.2) is 48.0 Å². The molecule has 1 aromatic heterocycles. The lowest BCUT2D eigenvalue weighted by molar-refractivity contribution is -0.161. The molecule has 4 rings (SSSR count). The van der Waals surface area contributed by atoms with Crippen molar-refractivity contribution in [1.29, 1.82) is 0 Å². The molecule has 14 heteroatoms. The maximum Gasteiger partial charge on any atom is 0.407 e. The van der Waals surface area contributed by atoms with Crippen LogP contribution in [-0.2, 0) is 20.8 Å². The largest absolute Gasteiger partial charge is 0.505 e. The molecule has 45 heavy (non-hydrogen) atoms. The van der Waals surface area contributed by atoms with Gasteiger partial charge in [0.25, 0.3) is 5.91 Å². The first-order chi connectivity index (χ1) is 21.4. The van der Waals surface area contributed by atoms with Gasteiger partial charge in [0.15, 0.2) is 5.75 Å². The number of nitrogens with zero attached hydrogens (tertiary/aromatic N) is 1. The number of hydrogen-bond donors (Lipinski definition) is 4. The van der Waals surface area contributed by atoms with E-state index in [1.165, 1.54) is 47.7 Å². The summed E-state index contributed by atoms with van der Waals surface area (Å²) in [5.41, 5.74) is 0.737. The summed E-state index contributed by atoms with van der Waals surface area (Å²) in [6, 6.07) is 3.01. The van der Waals surface area contributed by atoms with E-state index >= 15 is 0 Å². The van der Waals surface area contributed by atoms with Crippen LogP contribution < -0.4 is 16.0 Å². The van der Waals surface area contributed by atoms with Crippen LogP contribution in [-0.4, -0.2) is 52.0 Å². The fourth-order valence-corrected chi connectivity index (χ4v) is 6.46. The van der Waals surface area contributed by atoms with Gasteiger partial charge in [0.1, 0.15) is 11.0 Å². The number of phenolic OH excluding ortho intramolecular Hbond substituents is 1. The van der Waals surface area contributed by atoms with Gasteiger partial charge in [-0.2, -0.15) is 13.2 Å². The molecule has 0 aliphatic heterocycles. The van der Waals surface area contributed by atoms with Crippen LogP contribution in [0, 0.1) is 0 Å². The van der Waals surface area contributed by atoms with Crippen LogP contribution in [0.25, 0.3) is 10.6 Å². The maximum absolute atomic E-state index is 14.5. The van der Waals surface area contributed by atoms with Crippen molar-refractivity contribution in [1.82, 2.24) is 20.9 Å². The molecular weight excluding hydrogens is 652 g/mol. The lowest BCUT2D eigenvalue weighted by Gasteiger charge is -2.29. The Kier molecular flexibility index (Phi) is 11.9. The van der Waals surface area contributed by atoms with Gasteiger partial charge in [0.05, 0.1) is 22.1 Å². The molecule has 0 unspecified atom stereocenters. The van der Waals surface area contributed by atoms with Gasteiger partial charge in [-0.15, -0.1) is 11.3 Å². The van der Waals surface area contributed by atoms with Crippen LogP contribution in [0.3, 0.4) is 0 Å². The molecule has 3 atom stereocenters. The third-order valence-electron chi connectivity index (χ3n) is 7.58. The number of benzene rings is 2. The van der Waals surface area contributed by atoms with Crippen molar-refractivity contribution in [2.45, 2.75) is 82.2 Å². The number of halogens is 5. The summed E-state index contributed by atoms with van der Waals surface area (Å²) in [6.07, 6.45) is 0.310. The molecular formula is C31H33Cl2F3N4O4S. The number of alkyl halides is 3. The van der Waals surface area contributed by atoms with Crippen molar-refractivity contribution in [3.63, 3.8) is 0 Å². The topological polar surface area (TPSA) is 120 Å². The average molecular weight is 686 g/mol. The molecule has 8 nitrogen and oxygen atoms in total. The normalized spacial score (nSPS) is 15.8. The molecule has 3 aromatic rings. The molecule has 2 amide bonds. The molecule has 242 valence electrons. The van der Waals surface area contributed by atoms with Crippen LogP contribution in [0.4, 0.5) is 13.2 Å². The molecule has 2 aromatic carbocycles. The van der Waals surface area contributed by atoms with E-state index in [1.54, 1.807) is 18.5 Å². The molecule has 0 radical (unpaired) electrons. The van der Waals surface area contributed by atoms with Crippen molar-refractivity contribution >= 4 is 52.1 Å². The van der Waals surface area contributed by atoms with E-state index in [4.69, 9.17) is 23.2 Å². The molecule has 1 saturated carbocycles. The minimum Gasteiger partial charge on any atom is -0.505 e. The molecule has 1 fully saturated rings. The maximum atomic E-state index is 14.5. The summed E-state index contributed by atoms with van der Waals surface area (Å²) in [4.78, 5) is 43.7. The summed E-state index contributed by atoms with van der Waals surface area (Å²) in [6.45, 7) is 1.76. The number of nitrogens with one attached hydrogen (secondary N) is 3. The predicted molar refractivity (Wildman–Crippen MR) is 167 cm³/mol. The van der Waals surface area contributed by atoms with E-state index in [9.17, 15) is 32.7 Å². The molecule has 1 heterocycles. The Labute approximate surface area is 272 Å². The van der Waals surface area contributed by atoms with Crippen LogP contribution in [0.2, 0.25) is 10.0 Å².